The fourth-order valence-corrected chi connectivity index (χ4v) is 5.39. The van der Waals surface area contributed by atoms with Crippen molar-refractivity contribution in [2.24, 2.45) is 0 Å². The van der Waals surface area contributed by atoms with Gasteiger partial charge in [0.05, 0.1) is 5.69 Å². The Morgan fingerprint density at radius 2 is 1.63 bits per heavy atom. The molecule has 1 nitrogen and oxygen atoms in total. The SMILES string of the molecule is Cc1cnc(-c2cccc3c2sc2cc(-c4ccc(F)cc4)ccc23)cc1C(C)C. The number of aromatic nitrogens is 1. The Labute approximate surface area is 179 Å². The van der Waals surface area contributed by atoms with E-state index in [9.17, 15) is 4.39 Å². The van der Waals surface area contributed by atoms with Crippen LogP contribution in [0.2, 0.25) is 0 Å². The Hall–Kier alpha value is -3.04. The molecular weight excluding hydrogens is 389 g/mol. The highest BCUT2D eigenvalue weighted by Crippen LogP contribution is 2.41. The summed E-state index contributed by atoms with van der Waals surface area (Å²) < 4.78 is 15.8. The number of thiophene rings is 1. The lowest BCUT2D eigenvalue weighted by molar-refractivity contribution is 0.628. The molecule has 0 amide bonds. The summed E-state index contributed by atoms with van der Waals surface area (Å²) in [6.45, 7) is 6.58. The van der Waals surface area contributed by atoms with Gasteiger partial charge in [0.2, 0.25) is 0 Å². The summed E-state index contributed by atoms with van der Waals surface area (Å²) in [6.07, 6.45) is 1.99. The maximum Gasteiger partial charge on any atom is 0.123 e. The zero-order valence-electron chi connectivity index (χ0n) is 17.2. The summed E-state index contributed by atoms with van der Waals surface area (Å²) in [5.74, 6) is 0.254. The molecule has 0 fully saturated rings. The summed E-state index contributed by atoms with van der Waals surface area (Å²) in [6, 6.07) is 21.9. The van der Waals surface area contributed by atoms with Crippen LogP contribution in [0, 0.1) is 12.7 Å². The first-order valence-electron chi connectivity index (χ1n) is 10.2. The Balaban J connectivity index is 1.69. The van der Waals surface area contributed by atoms with Gasteiger partial charge >= 0.3 is 0 Å². The average molecular weight is 412 g/mol. The molecule has 0 saturated heterocycles. The number of halogens is 1. The van der Waals surface area contributed by atoms with E-state index in [-0.39, 0.29) is 5.82 Å². The molecule has 3 aromatic carbocycles. The number of hydrogen-bond donors (Lipinski definition) is 0. The molecule has 30 heavy (non-hydrogen) atoms. The van der Waals surface area contributed by atoms with E-state index in [0.29, 0.717) is 5.92 Å². The highest BCUT2D eigenvalue weighted by atomic mass is 32.1. The van der Waals surface area contributed by atoms with Gasteiger partial charge in [-0.25, -0.2) is 4.39 Å². The van der Waals surface area contributed by atoms with Gasteiger partial charge in [-0.15, -0.1) is 11.3 Å². The molecule has 3 heteroatoms. The first-order chi connectivity index (χ1) is 14.5. The lowest BCUT2D eigenvalue weighted by Crippen LogP contribution is -1.95. The van der Waals surface area contributed by atoms with E-state index in [2.05, 4.69) is 63.2 Å². The molecule has 5 rings (SSSR count). The molecule has 2 aromatic heterocycles. The molecule has 0 saturated carbocycles. The summed E-state index contributed by atoms with van der Waals surface area (Å²) in [5, 5.41) is 2.51. The first kappa shape index (κ1) is 19.0. The van der Waals surface area contributed by atoms with Crippen molar-refractivity contribution in [3.63, 3.8) is 0 Å². The largest absolute Gasteiger partial charge is 0.256 e. The molecule has 148 valence electrons. The third kappa shape index (κ3) is 3.20. The molecule has 0 atom stereocenters. The van der Waals surface area contributed by atoms with E-state index in [0.717, 1.165) is 16.8 Å². The van der Waals surface area contributed by atoms with Gasteiger partial charge < -0.3 is 0 Å². The third-order valence-electron chi connectivity index (χ3n) is 5.72. The second kappa shape index (κ2) is 7.33. The van der Waals surface area contributed by atoms with Crippen LogP contribution in [0.3, 0.4) is 0 Å². The van der Waals surface area contributed by atoms with Crippen LogP contribution in [-0.2, 0) is 0 Å². The Bertz CT molecular complexity index is 1380. The minimum absolute atomic E-state index is 0.210. The van der Waals surface area contributed by atoms with Crippen LogP contribution < -0.4 is 0 Å². The van der Waals surface area contributed by atoms with Crippen molar-refractivity contribution in [2.45, 2.75) is 26.7 Å². The molecule has 0 aliphatic carbocycles. The lowest BCUT2D eigenvalue weighted by atomic mass is 9.97. The zero-order chi connectivity index (χ0) is 20.8. The van der Waals surface area contributed by atoms with E-state index < -0.39 is 0 Å². The lowest BCUT2D eigenvalue weighted by Gasteiger charge is -2.11. The molecule has 0 radical (unpaired) electrons. The highest BCUT2D eigenvalue weighted by molar-refractivity contribution is 7.26. The highest BCUT2D eigenvalue weighted by Gasteiger charge is 2.14. The topological polar surface area (TPSA) is 12.9 Å². The van der Waals surface area contributed by atoms with Gasteiger partial charge in [0.15, 0.2) is 0 Å². The third-order valence-corrected chi connectivity index (χ3v) is 6.92. The van der Waals surface area contributed by atoms with Crippen molar-refractivity contribution in [1.82, 2.24) is 4.98 Å². The van der Waals surface area contributed by atoms with Crippen LogP contribution in [0.15, 0.2) is 72.9 Å². The predicted octanol–water partition coefficient (Wildman–Crippen LogP) is 8.35. The molecule has 5 aromatic rings. The summed E-state index contributed by atoms with van der Waals surface area (Å²) in [4.78, 5) is 4.76. The van der Waals surface area contributed by atoms with Crippen molar-refractivity contribution >= 4 is 31.5 Å². The van der Waals surface area contributed by atoms with E-state index in [4.69, 9.17) is 4.98 Å². The molecule has 0 spiro atoms. The molecular formula is C27H22FNS. The first-order valence-corrected chi connectivity index (χ1v) is 11.0. The van der Waals surface area contributed by atoms with Crippen molar-refractivity contribution in [1.29, 1.82) is 0 Å². The second-order valence-electron chi connectivity index (χ2n) is 8.08. The standard InChI is InChI=1S/C27H22FNS/c1-16(2)24-14-25(29-15-17(24)3)23-6-4-5-22-21-12-9-19(13-26(21)30-27(22)23)18-7-10-20(28)11-8-18/h4-16H,1-3H3. The number of fused-ring (bicyclic) bond motifs is 3. The van der Waals surface area contributed by atoms with Gasteiger partial charge in [0.25, 0.3) is 0 Å². The average Bonchev–Trinajstić information content (AvgIpc) is 3.12. The van der Waals surface area contributed by atoms with Gasteiger partial charge in [-0.2, -0.15) is 0 Å². The van der Waals surface area contributed by atoms with Crippen LogP contribution in [0.4, 0.5) is 4.39 Å². The molecule has 2 heterocycles. The van der Waals surface area contributed by atoms with Gasteiger partial charge in [0, 0.05) is 31.9 Å². The number of aryl methyl sites for hydroxylation is 1. The van der Waals surface area contributed by atoms with Crippen molar-refractivity contribution in [2.75, 3.05) is 0 Å². The second-order valence-corrected chi connectivity index (χ2v) is 9.14. The Morgan fingerprint density at radius 1 is 0.867 bits per heavy atom. The summed E-state index contributed by atoms with van der Waals surface area (Å²) >= 11 is 1.80. The summed E-state index contributed by atoms with van der Waals surface area (Å²) in [5.41, 5.74) is 6.92. The van der Waals surface area contributed by atoms with Gasteiger partial charge in [-0.1, -0.05) is 56.3 Å². The zero-order valence-corrected chi connectivity index (χ0v) is 18.1. The van der Waals surface area contributed by atoms with Crippen molar-refractivity contribution in [3.05, 3.63) is 89.9 Å². The maximum atomic E-state index is 13.3. The molecule has 0 unspecified atom stereocenters. The number of benzene rings is 3. The Kier molecular flexibility index (Phi) is 4.63. The summed E-state index contributed by atoms with van der Waals surface area (Å²) in [7, 11) is 0. The minimum Gasteiger partial charge on any atom is -0.256 e. The van der Waals surface area contributed by atoms with Crippen molar-refractivity contribution in [3.8, 4) is 22.4 Å². The van der Waals surface area contributed by atoms with Gasteiger partial charge in [-0.3, -0.25) is 4.98 Å². The van der Waals surface area contributed by atoms with E-state index >= 15 is 0 Å². The molecule has 0 aliphatic rings. The van der Waals surface area contributed by atoms with E-state index in [1.165, 1.54) is 49.0 Å². The number of pyridine rings is 1. The predicted molar refractivity (Wildman–Crippen MR) is 127 cm³/mol. The van der Waals surface area contributed by atoms with Crippen LogP contribution in [-0.4, -0.2) is 4.98 Å². The van der Waals surface area contributed by atoms with Crippen LogP contribution in [0.1, 0.15) is 30.9 Å². The van der Waals surface area contributed by atoms with Gasteiger partial charge in [0.1, 0.15) is 5.82 Å². The van der Waals surface area contributed by atoms with Crippen LogP contribution >= 0.6 is 11.3 Å². The van der Waals surface area contributed by atoms with E-state index in [1.54, 1.807) is 11.3 Å². The molecule has 0 bridgehead atoms. The maximum absolute atomic E-state index is 13.3. The fraction of sp³-hybridized carbons (Fsp3) is 0.148. The normalized spacial score (nSPS) is 11.6. The number of hydrogen-bond acceptors (Lipinski definition) is 2. The quantitative estimate of drug-likeness (QED) is 0.291. The monoisotopic (exact) mass is 411 g/mol. The van der Waals surface area contributed by atoms with Crippen molar-refractivity contribution < 1.29 is 4.39 Å². The molecule has 0 N–H and O–H groups in total. The van der Waals surface area contributed by atoms with Crippen LogP contribution in [0.25, 0.3) is 42.6 Å². The number of nitrogens with zero attached hydrogens (tertiary/aromatic N) is 1. The smallest absolute Gasteiger partial charge is 0.123 e. The van der Waals surface area contributed by atoms with E-state index in [1.807, 2.05) is 18.3 Å². The van der Waals surface area contributed by atoms with Gasteiger partial charge in [-0.05, 0) is 59.4 Å². The molecule has 0 aliphatic heterocycles. The minimum atomic E-state index is -0.210. The Morgan fingerprint density at radius 3 is 2.40 bits per heavy atom. The fourth-order valence-electron chi connectivity index (χ4n) is 4.13. The van der Waals surface area contributed by atoms with Crippen LogP contribution in [0.5, 0.6) is 0 Å². The number of rotatable bonds is 3.